The highest BCUT2D eigenvalue weighted by atomic mass is 16.5. The summed E-state index contributed by atoms with van der Waals surface area (Å²) in [6.07, 6.45) is 0. The van der Waals surface area contributed by atoms with E-state index in [9.17, 15) is 9.59 Å². The van der Waals surface area contributed by atoms with E-state index in [1.165, 1.54) is 7.11 Å². The van der Waals surface area contributed by atoms with Crippen LogP contribution in [0.2, 0.25) is 0 Å². The van der Waals surface area contributed by atoms with E-state index >= 15 is 0 Å². The largest absolute Gasteiger partial charge is 0.468 e. The van der Waals surface area contributed by atoms with Crippen LogP contribution in [0.25, 0.3) is 0 Å². The Hall–Kier alpha value is -1.68. The maximum Gasteiger partial charge on any atom is 0.323 e. The molecule has 4 heteroatoms. The van der Waals surface area contributed by atoms with Gasteiger partial charge in [0.25, 0.3) is 0 Å². The van der Waals surface area contributed by atoms with Crippen LogP contribution in [0.5, 0.6) is 0 Å². The summed E-state index contributed by atoms with van der Waals surface area (Å²) in [5, 5.41) is 3.24. The van der Waals surface area contributed by atoms with Gasteiger partial charge < -0.3 is 4.74 Å². The van der Waals surface area contributed by atoms with E-state index in [0.29, 0.717) is 0 Å². The molecule has 4 nitrogen and oxygen atoms in total. The second kappa shape index (κ2) is 5.53. The molecule has 19 heavy (non-hydrogen) atoms. The van der Waals surface area contributed by atoms with Crippen LogP contribution < -0.4 is 5.32 Å². The van der Waals surface area contributed by atoms with Gasteiger partial charge in [0, 0.05) is 12.0 Å². The zero-order valence-corrected chi connectivity index (χ0v) is 11.4. The molecule has 1 aliphatic heterocycles. The number of ketones is 1. The number of methoxy groups -OCH3 is 1. The maximum atomic E-state index is 11.9. The SMILES string of the molecule is COC(=O)[C@H]1N[C@@H](c2ccccc2)[C@H](C(C)=O)[C@H]1C. The minimum Gasteiger partial charge on any atom is -0.468 e. The van der Waals surface area contributed by atoms with E-state index in [0.717, 1.165) is 5.56 Å². The number of Topliss-reactive ketones (excluding diaryl/α,β-unsaturated/α-hetero) is 1. The Balaban J connectivity index is 2.32. The van der Waals surface area contributed by atoms with Crippen molar-refractivity contribution in [3.63, 3.8) is 0 Å². The molecular weight excluding hydrogens is 242 g/mol. The lowest BCUT2D eigenvalue weighted by Gasteiger charge is -2.19. The van der Waals surface area contributed by atoms with E-state index in [1.807, 2.05) is 37.3 Å². The van der Waals surface area contributed by atoms with E-state index in [2.05, 4.69) is 5.32 Å². The van der Waals surface area contributed by atoms with Crippen molar-refractivity contribution >= 4 is 11.8 Å². The second-order valence-electron chi connectivity index (χ2n) is 5.05. The molecule has 0 saturated carbocycles. The molecule has 0 unspecified atom stereocenters. The molecule has 0 radical (unpaired) electrons. The molecule has 0 amide bonds. The molecule has 1 saturated heterocycles. The number of ether oxygens (including phenoxy) is 1. The van der Waals surface area contributed by atoms with Crippen LogP contribution in [0.3, 0.4) is 0 Å². The number of esters is 1. The molecule has 0 aromatic heterocycles. The Bertz CT molecular complexity index is 472. The first-order chi connectivity index (χ1) is 9.06. The van der Waals surface area contributed by atoms with Gasteiger partial charge in [-0.3, -0.25) is 14.9 Å². The summed E-state index contributed by atoms with van der Waals surface area (Å²) in [6.45, 7) is 3.50. The van der Waals surface area contributed by atoms with Gasteiger partial charge in [-0.05, 0) is 18.4 Å². The zero-order chi connectivity index (χ0) is 14.0. The molecule has 1 aromatic rings. The second-order valence-corrected chi connectivity index (χ2v) is 5.05. The summed E-state index contributed by atoms with van der Waals surface area (Å²) in [5.41, 5.74) is 1.03. The highest BCUT2D eigenvalue weighted by Gasteiger charge is 2.46. The highest BCUT2D eigenvalue weighted by molar-refractivity contribution is 5.84. The molecule has 1 aliphatic rings. The number of hydrogen-bond donors (Lipinski definition) is 1. The minimum atomic E-state index is -0.427. The first-order valence-electron chi connectivity index (χ1n) is 6.45. The normalized spacial score (nSPS) is 30.1. The lowest BCUT2D eigenvalue weighted by atomic mass is 9.83. The summed E-state index contributed by atoms with van der Waals surface area (Å²) in [7, 11) is 1.37. The standard InChI is InChI=1S/C15H19NO3/c1-9-12(10(2)17)14(11-7-5-4-6-8-11)16-13(9)15(18)19-3/h4-9,12-14,16H,1-3H3/t9-,12+,13+,14+/m1/s1. The Morgan fingerprint density at radius 1 is 1.21 bits per heavy atom. The number of benzene rings is 1. The fraction of sp³-hybridized carbons (Fsp3) is 0.467. The van der Waals surface area contributed by atoms with Crippen LogP contribution in [-0.2, 0) is 14.3 Å². The molecule has 0 spiro atoms. The average Bonchev–Trinajstić information content (AvgIpc) is 2.76. The molecule has 1 fully saturated rings. The summed E-state index contributed by atoms with van der Waals surface area (Å²) in [4.78, 5) is 23.7. The molecule has 0 aliphatic carbocycles. The number of nitrogens with one attached hydrogen (secondary N) is 1. The van der Waals surface area contributed by atoms with Gasteiger partial charge in [-0.2, -0.15) is 0 Å². The Morgan fingerprint density at radius 3 is 2.37 bits per heavy atom. The fourth-order valence-corrected chi connectivity index (χ4v) is 2.94. The summed E-state index contributed by atoms with van der Waals surface area (Å²) >= 11 is 0. The van der Waals surface area contributed by atoms with E-state index in [4.69, 9.17) is 4.74 Å². The number of hydrogen-bond acceptors (Lipinski definition) is 4. The lowest BCUT2D eigenvalue weighted by molar-refractivity contribution is -0.143. The van der Waals surface area contributed by atoms with Crippen LogP contribution in [0, 0.1) is 11.8 Å². The molecule has 102 valence electrons. The fourth-order valence-electron chi connectivity index (χ4n) is 2.94. The number of carbonyl (C=O) groups is 2. The third-order valence-electron chi connectivity index (χ3n) is 3.89. The van der Waals surface area contributed by atoms with Crippen LogP contribution >= 0.6 is 0 Å². The third-order valence-corrected chi connectivity index (χ3v) is 3.89. The van der Waals surface area contributed by atoms with Crippen LogP contribution in [0.4, 0.5) is 0 Å². The predicted octanol–water partition coefficient (Wildman–Crippen LogP) is 1.71. The van der Waals surface area contributed by atoms with Crippen molar-refractivity contribution in [1.29, 1.82) is 0 Å². The minimum absolute atomic E-state index is 0.0739. The van der Waals surface area contributed by atoms with Gasteiger partial charge in [-0.25, -0.2) is 0 Å². The van der Waals surface area contributed by atoms with Crippen molar-refractivity contribution in [3.8, 4) is 0 Å². The molecule has 1 aromatic carbocycles. The summed E-state index contributed by atoms with van der Waals surface area (Å²) < 4.78 is 4.80. The van der Waals surface area contributed by atoms with Gasteiger partial charge in [-0.1, -0.05) is 37.3 Å². The van der Waals surface area contributed by atoms with Gasteiger partial charge in [-0.15, -0.1) is 0 Å². The van der Waals surface area contributed by atoms with Crippen LogP contribution in [0.1, 0.15) is 25.5 Å². The van der Waals surface area contributed by atoms with Crippen LogP contribution in [-0.4, -0.2) is 24.9 Å². The van der Waals surface area contributed by atoms with Crippen molar-refractivity contribution in [3.05, 3.63) is 35.9 Å². The van der Waals surface area contributed by atoms with Crippen molar-refractivity contribution in [2.24, 2.45) is 11.8 Å². The summed E-state index contributed by atoms with van der Waals surface area (Å²) in [5.74, 6) is -0.487. The van der Waals surface area contributed by atoms with Gasteiger partial charge in [0.05, 0.1) is 7.11 Å². The van der Waals surface area contributed by atoms with Gasteiger partial charge in [0.15, 0.2) is 0 Å². The Labute approximate surface area is 113 Å². The summed E-state index contributed by atoms with van der Waals surface area (Å²) in [6, 6.07) is 9.19. The van der Waals surface area contributed by atoms with Gasteiger partial charge in [0.1, 0.15) is 11.8 Å². The molecule has 1 heterocycles. The van der Waals surface area contributed by atoms with Gasteiger partial charge >= 0.3 is 5.97 Å². The third kappa shape index (κ3) is 2.54. The Morgan fingerprint density at radius 2 is 1.84 bits per heavy atom. The molecule has 1 N–H and O–H groups in total. The lowest BCUT2D eigenvalue weighted by Crippen LogP contribution is -2.36. The Kier molecular flexibility index (Phi) is 4.00. The molecule has 2 rings (SSSR count). The smallest absolute Gasteiger partial charge is 0.323 e. The monoisotopic (exact) mass is 261 g/mol. The molecular formula is C15H19NO3. The quantitative estimate of drug-likeness (QED) is 0.842. The number of rotatable bonds is 3. The van der Waals surface area contributed by atoms with Crippen molar-refractivity contribution in [2.75, 3.05) is 7.11 Å². The topological polar surface area (TPSA) is 55.4 Å². The van der Waals surface area contributed by atoms with E-state index < -0.39 is 6.04 Å². The van der Waals surface area contributed by atoms with Crippen molar-refractivity contribution in [1.82, 2.24) is 5.32 Å². The maximum absolute atomic E-state index is 11.9. The first-order valence-corrected chi connectivity index (χ1v) is 6.45. The van der Waals surface area contributed by atoms with Crippen LogP contribution in [0.15, 0.2) is 30.3 Å². The molecule has 4 atom stereocenters. The van der Waals surface area contributed by atoms with Crippen molar-refractivity contribution in [2.45, 2.75) is 25.9 Å². The predicted molar refractivity (Wildman–Crippen MR) is 71.5 cm³/mol. The first kappa shape index (κ1) is 13.7. The van der Waals surface area contributed by atoms with Gasteiger partial charge in [0.2, 0.25) is 0 Å². The van der Waals surface area contributed by atoms with E-state index in [-0.39, 0.29) is 29.6 Å². The zero-order valence-electron chi connectivity index (χ0n) is 11.4. The van der Waals surface area contributed by atoms with Crippen molar-refractivity contribution < 1.29 is 14.3 Å². The number of carbonyl (C=O) groups excluding carboxylic acids is 2. The average molecular weight is 261 g/mol. The van der Waals surface area contributed by atoms with E-state index in [1.54, 1.807) is 6.92 Å². The highest BCUT2D eigenvalue weighted by Crippen LogP contribution is 2.38. The molecule has 0 bridgehead atoms.